The quantitative estimate of drug-likeness (QED) is 0.673. The Morgan fingerprint density at radius 1 is 1.69 bits per heavy atom. The number of hydrogen-bond donors (Lipinski definition) is 2. The van der Waals surface area contributed by atoms with E-state index in [1.54, 1.807) is 6.92 Å². The van der Waals surface area contributed by atoms with E-state index in [9.17, 15) is 4.79 Å². The smallest absolute Gasteiger partial charge is 0.307 e. The van der Waals surface area contributed by atoms with Crippen molar-refractivity contribution in [2.45, 2.75) is 20.0 Å². The van der Waals surface area contributed by atoms with Crippen molar-refractivity contribution in [3.63, 3.8) is 0 Å². The zero-order chi connectivity index (χ0) is 12.0. The van der Waals surface area contributed by atoms with Gasteiger partial charge in [-0.1, -0.05) is 13.8 Å². The van der Waals surface area contributed by atoms with Gasteiger partial charge in [-0.3, -0.25) is 9.69 Å². The highest BCUT2D eigenvalue weighted by Crippen LogP contribution is 2.03. The number of morpholine rings is 1. The molecule has 1 aliphatic heterocycles. The molecule has 0 spiro atoms. The lowest BCUT2D eigenvalue weighted by Crippen LogP contribution is -2.47. The molecule has 1 saturated heterocycles. The molecule has 16 heavy (non-hydrogen) atoms. The summed E-state index contributed by atoms with van der Waals surface area (Å²) in [6, 6.07) is 0. The molecule has 2 atom stereocenters. The van der Waals surface area contributed by atoms with Gasteiger partial charge in [-0.25, -0.2) is 0 Å². The number of likely N-dealkylation sites (N-methyl/N-ethyl adjacent to an activating group) is 1. The van der Waals surface area contributed by atoms with Crippen molar-refractivity contribution in [2.24, 2.45) is 5.92 Å². The molecule has 94 valence electrons. The zero-order valence-corrected chi connectivity index (χ0v) is 10.1. The number of carboxylic acid groups (broad SMARTS) is 1. The minimum absolute atomic E-state index is 0.190. The van der Waals surface area contributed by atoms with Crippen LogP contribution in [0.5, 0.6) is 0 Å². The molecule has 1 heterocycles. The van der Waals surface area contributed by atoms with Crippen LogP contribution in [0, 0.1) is 5.92 Å². The maximum absolute atomic E-state index is 10.6. The summed E-state index contributed by atoms with van der Waals surface area (Å²) in [6.45, 7) is 8.83. The van der Waals surface area contributed by atoms with Gasteiger partial charge in [0.2, 0.25) is 0 Å². The lowest BCUT2D eigenvalue weighted by molar-refractivity contribution is -0.141. The molecular formula is C11H22N2O3. The Morgan fingerprint density at radius 3 is 3.06 bits per heavy atom. The van der Waals surface area contributed by atoms with E-state index in [0.717, 1.165) is 32.8 Å². The van der Waals surface area contributed by atoms with Crippen LogP contribution in [-0.2, 0) is 9.53 Å². The molecule has 0 radical (unpaired) electrons. The summed E-state index contributed by atoms with van der Waals surface area (Å²) < 4.78 is 5.60. The first kappa shape index (κ1) is 13.4. The summed E-state index contributed by atoms with van der Waals surface area (Å²) in [7, 11) is 0. The van der Waals surface area contributed by atoms with Crippen molar-refractivity contribution in [1.29, 1.82) is 0 Å². The average molecular weight is 230 g/mol. The minimum Gasteiger partial charge on any atom is -0.481 e. The molecule has 0 bridgehead atoms. The molecule has 0 aromatic carbocycles. The second kappa shape index (κ2) is 6.83. The van der Waals surface area contributed by atoms with E-state index < -0.39 is 5.97 Å². The summed E-state index contributed by atoms with van der Waals surface area (Å²) in [5, 5.41) is 11.9. The highest BCUT2D eigenvalue weighted by atomic mass is 16.5. The number of carbonyl (C=O) groups is 1. The van der Waals surface area contributed by atoms with Crippen LogP contribution in [0.25, 0.3) is 0 Å². The number of hydrogen-bond acceptors (Lipinski definition) is 4. The Hall–Kier alpha value is -0.650. The highest BCUT2D eigenvalue weighted by Gasteiger charge is 2.19. The van der Waals surface area contributed by atoms with E-state index in [0.29, 0.717) is 6.54 Å². The second-order valence-electron chi connectivity index (χ2n) is 4.28. The van der Waals surface area contributed by atoms with Crippen LogP contribution in [0.15, 0.2) is 0 Å². The van der Waals surface area contributed by atoms with Gasteiger partial charge in [-0.15, -0.1) is 0 Å². The second-order valence-corrected chi connectivity index (χ2v) is 4.28. The lowest BCUT2D eigenvalue weighted by atomic mass is 10.2. The third-order valence-corrected chi connectivity index (χ3v) is 2.91. The van der Waals surface area contributed by atoms with Crippen molar-refractivity contribution in [3.8, 4) is 0 Å². The maximum Gasteiger partial charge on any atom is 0.307 e. The van der Waals surface area contributed by atoms with Crippen LogP contribution in [0.4, 0.5) is 0 Å². The van der Waals surface area contributed by atoms with Crippen molar-refractivity contribution in [1.82, 2.24) is 10.2 Å². The number of nitrogens with zero attached hydrogens (tertiary/aromatic N) is 1. The molecule has 1 fully saturated rings. The van der Waals surface area contributed by atoms with Crippen molar-refractivity contribution in [3.05, 3.63) is 0 Å². The molecule has 5 heteroatoms. The van der Waals surface area contributed by atoms with Crippen LogP contribution in [0.3, 0.4) is 0 Å². The molecule has 2 N–H and O–H groups in total. The highest BCUT2D eigenvalue weighted by molar-refractivity contribution is 5.69. The van der Waals surface area contributed by atoms with E-state index in [2.05, 4.69) is 17.1 Å². The van der Waals surface area contributed by atoms with Gasteiger partial charge in [-0.2, -0.15) is 0 Å². The number of aliphatic carboxylic acids is 1. The van der Waals surface area contributed by atoms with Gasteiger partial charge < -0.3 is 15.2 Å². The van der Waals surface area contributed by atoms with E-state index in [1.165, 1.54) is 0 Å². The van der Waals surface area contributed by atoms with Crippen LogP contribution < -0.4 is 5.32 Å². The van der Waals surface area contributed by atoms with Crippen LogP contribution in [0.2, 0.25) is 0 Å². The van der Waals surface area contributed by atoms with E-state index in [4.69, 9.17) is 9.84 Å². The van der Waals surface area contributed by atoms with Gasteiger partial charge in [0, 0.05) is 26.2 Å². The topological polar surface area (TPSA) is 61.8 Å². The molecule has 1 rings (SSSR count). The van der Waals surface area contributed by atoms with Gasteiger partial charge in [0.25, 0.3) is 0 Å². The fourth-order valence-corrected chi connectivity index (χ4v) is 1.74. The Labute approximate surface area is 96.8 Å². The number of nitrogens with one attached hydrogen (secondary N) is 1. The molecule has 0 aromatic heterocycles. The first-order chi connectivity index (χ1) is 7.63. The van der Waals surface area contributed by atoms with E-state index in [-0.39, 0.29) is 12.0 Å². The van der Waals surface area contributed by atoms with Crippen molar-refractivity contribution >= 4 is 5.97 Å². The molecule has 0 amide bonds. The summed E-state index contributed by atoms with van der Waals surface area (Å²) >= 11 is 0. The maximum atomic E-state index is 10.6. The van der Waals surface area contributed by atoms with Crippen molar-refractivity contribution < 1.29 is 14.6 Å². The summed E-state index contributed by atoms with van der Waals surface area (Å²) in [4.78, 5) is 12.9. The number of carboxylic acids is 1. The Bertz CT molecular complexity index is 223. The number of rotatable bonds is 6. The Balaban J connectivity index is 2.15. The zero-order valence-electron chi connectivity index (χ0n) is 10.1. The number of ether oxygens (including phenoxy) is 1. The van der Waals surface area contributed by atoms with Crippen LogP contribution >= 0.6 is 0 Å². The fraction of sp³-hybridized carbons (Fsp3) is 0.909. The first-order valence-corrected chi connectivity index (χ1v) is 5.91. The molecule has 1 aliphatic rings. The third kappa shape index (κ3) is 4.47. The van der Waals surface area contributed by atoms with E-state index in [1.807, 2.05) is 0 Å². The average Bonchev–Trinajstić information content (AvgIpc) is 2.29. The normalized spacial score (nSPS) is 24.2. The monoisotopic (exact) mass is 230 g/mol. The lowest BCUT2D eigenvalue weighted by Gasteiger charge is -2.32. The van der Waals surface area contributed by atoms with Gasteiger partial charge in [0.15, 0.2) is 0 Å². The SMILES string of the molecule is CCN1CCOC(CNCC(C)C(=O)O)C1. The molecule has 5 nitrogen and oxygen atoms in total. The largest absolute Gasteiger partial charge is 0.481 e. The minimum atomic E-state index is -0.757. The molecule has 0 aromatic rings. The molecule has 2 unspecified atom stereocenters. The summed E-state index contributed by atoms with van der Waals surface area (Å²) in [5.74, 6) is -1.10. The summed E-state index contributed by atoms with van der Waals surface area (Å²) in [5.41, 5.74) is 0. The predicted octanol–water partition coefficient (Wildman–Crippen LogP) is 0.0174. The van der Waals surface area contributed by atoms with Crippen LogP contribution in [0.1, 0.15) is 13.8 Å². The van der Waals surface area contributed by atoms with Gasteiger partial charge >= 0.3 is 5.97 Å². The molecule has 0 saturated carbocycles. The summed E-state index contributed by atoms with van der Waals surface area (Å²) in [6.07, 6.45) is 0.190. The Kier molecular flexibility index (Phi) is 5.73. The standard InChI is InChI=1S/C11H22N2O3/c1-3-13-4-5-16-10(8-13)7-12-6-9(2)11(14)15/h9-10,12H,3-8H2,1-2H3,(H,14,15). The molecular weight excluding hydrogens is 208 g/mol. The predicted molar refractivity (Wildman–Crippen MR) is 61.5 cm³/mol. The first-order valence-electron chi connectivity index (χ1n) is 5.91. The third-order valence-electron chi connectivity index (χ3n) is 2.91. The van der Waals surface area contributed by atoms with Gasteiger partial charge in [-0.05, 0) is 6.54 Å². The van der Waals surface area contributed by atoms with Crippen LogP contribution in [-0.4, -0.2) is 61.4 Å². The fourth-order valence-electron chi connectivity index (χ4n) is 1.74. The van der Waals surface area contributed by atoms with Gasteiger partial charge in [0.05, 0.1) is 18.6 Å². The molecule has 0 aliphatic carbocycles. The van der Waals surface area contributed by atoms with E-state index >= 15 is 0 Å². The Morgan fingerprint density at radius 2 is 2.44 bits per heavy atom. The van der Waals surface area contributed by atoms with Crippen molar-refractivity contribution in [2.75, 3.05) is 39.3 Å². The van der Waals surface area contributed by atoms with Gasteiger partial charge in [0.1, 0.15) is 0 Å².